The van der Waals surface area contributed by atoms with Gasteiger partial charge in [-0.05, 0) is 30.7 Å². The van der Waals surface area contributed by atoms with Crippen molar-refractivity contribution in [3.63, 3.8) is 0 Å². The van der Waals surface area contributed by atoms with Crippen LogP contribution >= 0.6 is 11.5 Å². The fourth-order valence-electron chi connectivity index (χ4n) is 3.60. The summed E-state index contributed by atoms with van der Waals surface area (Å²) in [5.74, 6) is 1.43. The molecule has 1 aliphatic heterocycles. The Morgan fingerprint density at radius 1 is 1.00 bits per heavy atom. The summed E-state index contributed by atoms with van der Waals surface area (Å²) in [4.78, 5) is 32.6. The summed E-state index contributed by atoms with van der Waals surface area (Å²) in [5, 5.41) is 0.401. The quantitative estimate of drug-likeness (QED) is 0.505. The first-order valence-electron chi connectivity index (χ1n) is 11.0. The van der Waals surface area contributed by atoms with Gasteiger partial charge in [0.25, 0.3) is 11.1 Å². The SMILES string of the molecule is CCOC(=O)N1CCN(C(=O)c2ccc(Oc3nc(Cc4ccccc4)ns3)c(OC)c2)CC1. The molecule has 0 atom stereocenters. The Balaban J connectivity index is 1.39. The molecule has 3 aromatic rings. The van der Waals surface area contributed by atoms with E-state index in [1.165, 1.54) is 18.6 Å². The van der Waals surface area contributed by atoms with Crippen molar-refractivity contribution in [1.82, 2.24) is 19.2 Å². The van der Waals surface area contributed by atoms with E-state index < -0.39 is 0 Å². The second-order valence-corrected chi connectivity index (χ2v) is 8.30. The van der Waals surface area contributed by atoms with Gasteiger partial charge in [0, 0.05) is 49.7 Å². The van der Waals surface area contributed by atoms with Crippen molar-refractivity contribution in [3.8, 4) is 16.7 Å². The molecule has 178 valence electrons. The molecule has 0 N–H and O–H groups in total. The van der Waals surface area contributed by atoms with Gasteiger partial charge in [-0.25, -0.2) is 4.79 Å². The smallest absolute Gasteiger partial charge is 0.409 e. The molecule has 10 heteroatoms. The van der Waals surface area contributed by atoms with Gasteiger partial charge in [-0.1, -0.05) is 30.3 Å². The van der Waals surface area contributed by atoms with Crippen LogP contribution in [0.5, 0.6) is 16.7 Å². The van der Waals surface area contributed by atoms with Crippen molar-refractivity contribution in [3.05, 3.63) is 65.5 Å². The molecule has 0 spiro atoms. The Kier molecular flexibility index (Phi) is 7.58. The third-order valence-electron chi connectivity index (χ3n) is 5.36. The molecule has 0 bridgehead atoms. The monoisotopic (exact) mass is 482 g/mol. The Hall–Kier alpha value is -3.66. The van der Waals surface area contributed by atoms with Crippen LogP contribution in [0, 0.1) is 0 Å². The number of aromatic nitrogens is 2. The van der Waals surface area contributed by atoms with Gasteiger partial charge < -0.3 is 24.0 Å². The van der Waals surface area contributed by atoms with E-state index in [2.05, 4.69) is 9.36 Å². The molecule has 2 aromatic carbocycles. The van der Waals surface area contributed by atoms with Crippen LogP contribution in [0.15, 0.2) is 48.5 Å². The van der Waals surface area contributed by atoms with Crippen LogP contribution in [0.1, 0.15) is 28.7 Å². The van der Waals surface area contributed by atoms with E-state index in [4.69, 9.17) is 14.2 Å². The standard InChI is InChI=1S/C24H26N4O5S/c1-3-32-24(30)28-13-11-27(12-14-28)22(29)18-9-10-19(20(16-18)31-2)33-23-25-21(26-34-23)15-17-7-5-4-6-8-17/h4-10,16H,3,11-15H2,1-2H3. The largest absolute Gasteiger partial charge is 0.493 e. The van der Waals surface area contributed by atoms with E-state index in [1.54, 1.807) is 34.9 Å². The van der Waals surface area contributed by atoms with Gasteiger partial charge in [-0.15, -0.1) is 0 Å². The first kappa shape index (κ1) is 23.5. The van der Waals surface area contributed by atoms with Crippen molar-refractivity contribution in [1.29, 1.82) is 0 Å². The lowest BCUT2D eigenvalue weighted by Crippen LogP contribution is -2.50. The number of carbonyl (C=O) groups excluding carboxylic acids is 2. The lowest BCUT2D eigenvalue weighted by Gasteiger charge is -2.34. The predicted molar refractivity (Wildman–Crippen MR) is 127 cm³/mol. The summed E-state index contributed by atoms with van der Waals surface area (Å²) in [5.41, 5.74) is 1.60. The maximum Gasteiger partial charge on any atom is 0.409 e. The van der Waals surface area contributed by atoms with Gasteiger partial charge in [0.15, 0.2) is 17.3 Å². The Bertz CT molecular complexity index is 1130. The molecule has 1 saturated heterocycles. The highest BCUT2D eigenvalue weighted by Crippen LogP contribution is 2.33. The van der Waals surface area contributed by atoms with Crippen LogP contribution in [-0.4, -0.2) is 71.1 Å². The molecule has 2 amide bonds. The van der Waals surface area contributed by atoms with Crippen molar-refractivity contribution in [2.24, 2.45) is 0 Å². The van der Waals surface area contributed by atoms with Gasteiger partial charge in [0.1, 0.15) is 0 Å². The van der Waals surface area contributed by atoms with Crippen molar-refractivity contribution >= 4 is 23.5 Å². The van der Waals surface area contributed by atoms with Gasteiger partial charge in [0.05, 0.1) is 13.7 Å². The van der Waals surface area contributed by atoms with Crippen molar-refractivity contribution in [2.45, 2.75) is 13.3 Å². The van der Waals surface area contributed by atoms with Crippen LogP contribution in [0.3, 0.4) is 0 Å². The lowest BCUT2D eigenvalue weighted by molar-refractivity contribution is 0.0570. The van der Waals surface area contributed by atoms with Gasteiger partial charge in [0.2, 0.25) is 0 Å². The zero-order valence-electron chi connectivity index (χ0n) is 19.1. The Morgan fingerprint density at radius 3 is 2.44 bits per heavy atom. The third-order valence-corrected chi connectivity index (χ3v) is 5.99. The summed E-state index contributed by atoms with van der Waals surface area (Å²) in [6.07, 6.45) is 0.274. The second kappa shape index (κ2) is 11.0. The first-order chi connectivity index (χ1) is 16.6. The predicted octanol–water partition coefficient (Wildman–Crippen LogP) is 3.84. The minimum Gasteiger partial charge on any atom is -0.493 e. The molecule has 1 aliphatic rings. The number of carbonyl (C=O) groups is 2. The number of benzene rings is 2. The van der Waals surface area contributed by atoms with E-state index in [9.17, 15) is 9.59 Å². The summed E-state index contributed by atoms with van der Waals surface area (Å²) in [6, 6.07) is 15.0. The van der Waals surface area contributed by atoms with Crippen LogP contribution < -0.4 is 9.47 Å². The maximum absolute atomic E-state index is 13.0. The van der Waals surface area contributed by atoms with E-state index in [0.29, 0.717) is 67.3 Å². The Morgan fingerprint density at radius 2 is 1.74 bits per heavy atom. The average molecular weight is 483 g/mol. The zero-order chi connectivity index (χ0) is 23.9. The molecule has 0 aliphatic carbocycles. The van der Waals surface area contributed by atoms with Crippen LogP contribution in [0.25, 0.3) is 0 Å². The number of piperazine rings is 1. The first-order valence-corrected chi connectivity index (χ1v) is 11.8. The average Bonchev–Trinajstić information content (AvgIpc) is 3.31. The number of rotatable bonds is 7. The molecule has 0 unspecified atom stereocenters. The highest BCUT2D eigenvalue weighted by Gasteiger charge is 2.26. The molecule has 9 nitrogen and oxygen atoms in total. The topological polar surface area (TPSA) is 94.1 Å². The van der Waals surface area contributed by atoms with E-state index in [-0.39, 0.29) is 12.0 Å². The summed E-state index contributed by atoms with van der Waals surface area (Å²) >= 11 is 1.17. The number of hydrogen-bond donors (Lipinski definition) is 0. The summed E-state index contributed by atoms with van der Waals surface area (Å²) in [7, 11) is 1.52. The van der Waals surface area contributed by atoms with Crippen LogP contribution in [0.2, 0.25) is 0 Å². The highest BCUT2D eigenvalue weighted by molar-refractivity contribution is 7.07. The molecule has 0 radical (unpaired) electrons. The molecular weight excluding hydrogens is 456 g/mol. The number of hydrogen-bond acceptors (Lipinski definition) is 8. The fraction of sp³-hybridized carbons (Fsp3) is 0.333. The number of methoxy groups -OCH3 is 1. The number of nitrogens with zero attached hydrogens (tertiary/aromatic N) is 4. The van der Waals surface area contributed by atoms with Gasteiger partial charge in [-0.2, -0.15) is 9.36 Å². The zero-order valence-corrected chi connectivity index (χ0v) is 19.9. The second-order valence-electron chi connectivity index (χ2n) is 7.58. The van der Waals surface area contributed by atoms with Crippen LogP contribution in [-0.2, 0) is 11.2 Å². The summed E-state index contributed by atoms with van der Waals surface area (Å²) in [6.45, 7) is 3.85. The molecule has 1 aromatic heterocycles. The van der Waals surface area contributed by atoms with Crippen molar-refractivity contribution < 1.29 is 23.8 Å². The van der Waals surface area contributed by atoms with Gasteiger partial charge >= 0.3 is 6.09 Å². The maximum atomic E-state index is 13.0. The fourth-order valence-corrected chi connectivity index (χ4v) is 4.16. The lowest BCUT2D eigenvalue weighted by atomic mass is 10.1. The molecule has 4 rings (SSSR count). The summed E-state index contributed by atoms with van der Waals surface area (Å²) < 4.78 is 20.8. The molecule has 34 heavy (non-hydrogen) atoms. The minimum atomic E-state index is -0.346. The molecular formula is C24H26N4O5S. The molecule has 2 heterocycles. The molecule has 1 fully saturated rings. The van der Waals surface area contributed by atoms with E-state index in [0.717, 1.165) is 5.56 Å². The number of ether oxygens (including phenoxy) is 3. The van der Waals surface area contributed by atoms with Crippen molar-refractivity contribution in [2.75, 3.05) is 39.9 Å². The normalized spacial score (nSPS) is 13.5. The van der Waals surface area contributed by atoms with E-state index >= 15 is 0 Å². The van der Waals surface area contributed by atoms with Crippen LogP contribution in [0.4, 0.5) is 4.79 Å². The third kappa shape index (κ3) is 5.63. The minimum absolute atomic E-state index is 0.130. The van der Waals surface area contributed by atoms with Gasteiger partial charge in [-0.3, -0.25) is 4.79 Å². The highest BCUT2D eigenvalue weighted by atomic mass is 32.1. The Labute approximate surface area is 202 Å². The molecule has 0 saturated carbocycles. The van der Waals surface area contributed by atoms with E-state index in [1.807, 2.05) is 30.3 Å². The number of amides is 2.